The normalized spacial score (nSPS) is 13.0. The average Bonchev–Trinajstić information content (AvgIpc) is 2.75. The van der Waals surface area contributed by atoms with Crippen LogP contribution < -0.4 is 5.73 Å². The van der Waals surface area contributed by atoms with Crippen molar-refractivity contribution in [2.45, 2.75) is 33.4 Å². The molecule has 0 radical (unpaired) electrons. The van der Waals surface area contributed by atoms with Crippen LogP contribution in [0.3, 0.4) is 0 Å². The third-order valence-corrected chi connectivity index (χ3v) is 3.89. The van der Waals surface area contributed by atoms with Crippen molar-refractivity contribution in [2.24, 2.45) is 5.73 Å². The molecule has 1 atom stereocenters. The van der Waals surface area contributed by atoms with Crippen molar-refractivity contribution in [1.29, 1.82) is 0 Å². The number of rotatable bonds is 3. The maximum atomic E-state index is 5.89. The van der Waals surface area contributed by atoms with Crippen LogP contribution in [0, 0.1) is 13.8 Å². The van der Waals surface area contributed by atoms with E-state index in [9.17, 15) is 0 Å². The van der Waals surface area contributed by atoms with Crippen LogP contribution in [0.2, 0.25) is 0 Å². The van der Waals surface area contributed by atoms with E-state index >= 15 is 0 Å². The van der Waals surface area contributed by atoms with Crippen molar-refractivity contribution in [1.82, 2.24) is 9.55 Å². The minimum atomic E-state index is 0.0321. The maximum absolute atomic E-state index is 5.89. The molecule has 0 saturated heterocycles. The Labute approximate surface area is 99.9 Å². The van der Waals surface area contributed by atoms with Crippen LogP contribution in [0.25, 0.3) is 0 Å². The Balaban J connectivity index is 2.23. The summed E-state index contributed by atoms with van der Waals surface area (Å²) in [6.45, 7) is 7.16. The standard InChI is InChI=1S/C12H17N3S/c1-8-4-11(16-10(8)3)6-15-7-14-5-12(15)9(2)13/h4-5,7,9H,6,13H2,1-3H3/t9-/m1/s1. The third kappa shape index (κ3) is 2.18. The summed E-state index contributed by atoms with van der Waals surface area (Å²) in [5, 5.41) is 0. The van der Waals surface area contributed by atoms with Crippen molar-refractivity contribution in [3.8, 4) is 0 Å². The number of thiophene rings is 1. The summed E-state index contributed by atoms with van der Waals surface area (Å²) in [6.07, 6.45) is 3.70. The van der Waals surface area contributed by atoms with E-state index in [2.05, 4.69) is 29.5 Å². The molecule has 2 heterocycles. The Morgan fingerprint density at radius 2 is 2.25 bits per heavy atom. The molecule has 0 unspecified atom stereocenters. The minimum absolute atomic E-state index is 0.0321. The first-order chi connectivity index (χ1) is 7.58. The van der Waals surface area contributed by atoms with Gasteiger partial charge in [-0.25, -0.2) is 4.98 Å². The zero-order chi connectivity index (χ0) is 11.7. The Morgan fingerprint density at radius 1 is 1.50 bits per heavy atom. The molecule has 2 N–H and O–H groups in total. The summed E-state index contributed by atoms with van der Waals surface area (Å²) in [4.78, 5) is 6.90. The number of nitrogens with two attached hydrogens (primary N) is 1. The summed E-state index contributed by atoms with van der Waals surface area (Å²) < 4.78 is 2.12. The van der Waals surface area contributed by atoms with Crippen LogP contribution in [-0.2, 0) is 6.54 Å². The maximum Gasteiger partial charge on any atom is 0.0952 e. The molecule has 2 aromatic heterocycles. The lowest BCUT2D eigenvalue weighted by Crippen LogP contribution is -2.11. The second-order valence-electron chi connectivity index (χ2n) is 4.19. The predicted molar refractivity (Wildman–Crippen MR) is 67.7 cm³/mol. The first kappa shape index (κ1) is 11.4. The molecule has 0 bridgehead atoms. The van der Waals surface area contributed by atoms with Gasteiger partial charge in [-0.15, -0.1) is 11.3 Å². The number of aromatic nitrogens is 2. The van der Waals surface area contributed by atoms with E-state index in [0.29, 0.717) is 0 Å². The summed E-state index contributed by atoms with van der Waals surface area (Å²) in [5.74, 6) is 0. The van der Waals surface area contributed by atoms with E-state index in [4.69, 9.17) is 5.73 Å². The summed E-state index contributed by atoms with van der Waals surface area (Å²) in [6, 6.07) is 2.27. The molecule has 86 valence electrons. The van der Waals surface area contributed by atoms with E-state index in [-0.39, 0.29) is 6.04 Å². The van der Waals surface area contributed by atoms with E-state index in [0.717, 1.165) is 12.2 Å². The smallest absolute Gasteiger partial charge is 0.0952 e. The third-order valence-electron chi connectivity index (χ3n) is 2.75. The molecule has 2 aromatic rings. The van der Waals surface area contributed by atoms with Gasteiger partial charge in [-0.3, -0.25) is 0 Å². The number of nitrogens with zero attached hydrogens (tertiary/aromatic N) is 2. The first-order valence-corrected chi connectivity index (χ1v) is 6.21. The Bertz CT molecular complexity index is 463. The van der Waals surface area contributed by atoms with Crippen LogP contribution in [0.1, 0.15) is 34.0 Å². The van der Waals surface area contributed by atoms with Crippen molar-refractivity contribution in [3.63, 3.8) is 0 Å². The SMILES string of the molecule is Cc1cc(Cn2cncc2[C@@H](C)N)sc1C. The van der Waals surface area contributed by atoms with Crippen LogP contribution in [-0.4, -0.2) is 9.55 Å². The zero-order valence-electron chi connectivity index (χ0n) is 9.90. The second kappa shape index (κ2) is 4.39. The fraction of sp³-hybridized carbons (Fsp3) is 0.417. The van der Waals surface area contributed by atoms with Crippen LogP contribution in [0.4, 0.5) is 0 Å². The fourth-order valence-electron chi connectivity index (χ4n) is 1.74. The molecule has 0 aliphatic heterocycles. The summed E-state index contributed by atoms with van der Waals surface area (Å²) in [7, 11) is 0. The van der Waals surface area contributed by atoms with Gasteiger partial charge in [-0.1, -0.05) is 0 Å². The second-order valence-corrected chi connectivity index (χ2v) is 5.53. The van der Waals surface area contributed by atoms with Gasteiger partial charge < -0.3 is 10.3 Å². The van der Waals surface area contributed by atoms with Gasteiger partial charge in [0.15, 0.2) is 0 Å². The lowest BCUT2D eigenvalue weighted by atomic mass is 10.2. The molecular formula is C12H17N3S. The highest BCUT2D eigenvalue weighted by molar-refractivity contribution is 7.12. The highest BCUT2D eigenvalue weighted by Crippen LogP contribution is 2.22. The molecule has 0 amide bonds. The number of aryl methyl sites for hydroxylation is 2. The quantitative estimate of drug-likeness (QED) is 0.888. The minimum Gasteiger partial charge on any atom is -0.328 e. The van der Waals surface area contributed by atoms with Gasteiger partial charge in [0.2, 0.25) is 0 Å². The van der Waals surface area contributed by atoms with E-state index < -0.39 is 0 Å². The molecule has 0 fully saturated rings. The van der Waals surface area contributed by atoms with Crippen molar-refractivity contribution >= 4 is 11.3 Å². The molecule has 0 aliphatic carbocycles. The summed E-state index contributed by atoms with van der Waals surface area (Å²) >= 11 is 1.84. The van der Waals surface area contributed by atoms with E-state index in [1.54, 1.807) is 0 Å². The number of hydrogen-bond acceptors (Lipinski definition) is 3. The van der Waals surface area contributed by atoms with Crippen molar-refractivity contribution in [3.05, 3.63) is 39.6 Å². The molecule has 0 saturated carbocycles. The fourth-order valence-corrected chi connectivity index (χ4v) is 2.79. The van der Waals surface area contributed by atoms with Crippen LogP contribution >= 0.6 is 11.3 Å². The zero-order valence-corrected chi connectivity index (χ0v) is 10.7. The molecule has 2 rings (SSSR count). The van der Waals surface area contributed by atoms with Gasteiger partial charge in [0.1, 0.15) is 0 Å². The largest absolute Gasteiger partial charge is 0.328 e. The highest BCUT2D eigenvalue weighted by atomic mass is 32.1. The van der Waals surface area contributed by atoms with Crippen LogP contribution in [0.5, 0.6) is 0 Å². The highest BCUT2D eigenvalue weighted by Gasteiger charge is 2.08. The van der Waals surface area contributed by atoms with Gasteiger partial charge >= 0.3 is 0 Å². The van der Waals surface area contributed by atoms with Gasteiger partial charge in [0.25, 0.3) is 0 Å². The van der Waals surface area contributed by atoms with Gasteiger partial charge in [0, 0.05) is 22.0 Å². The Hall–Kier alpha value is -1.13. The van der Waals surface area contributed by atoms with E-state index in [1.165, 1.54) is 15.3 Å². The molecule has 16 heavy (non-hydrogen) atoms. The lowest BCUT2D eigenvalue weighted by Gasteiger charge is -2.09. The molecule has 0 aromatic carbocycles. The molecule has 0 spiro atoms. The van der Waals surface area contributed by atoms with Crippen molar-refractivity contribution in [2.75, 3.05) is 0 Å². The molecular weight excluding hydrogens is 218 g/mol. The Morgan fingerprint density at radius 3 is 2.81 bits per heavy atom. The number of hydrogen-bond donors (Lipinski definition) is 1. The van der Waals surface area contributed by atoms with Gasteiger partial charge in [0.05, 0.1) is 18.6 Å². The van der Waals surface area contributed by atoms with Crippen molar-refractivity contribution < 1.29 is 0 Å². The van der Waals surface area contributed by atoms with Crippen LogP contribution in [0.15, 0.2) is 18.6 Å². The number of imidazole rings is 1. The predicted octanol–water partition coefficient (Wildman–Crippen LogP) is 2.63. The molecule has 0 aliphatic rings. The monoisotopic (exact) mass is 235 g/mol. The van der Waals surface area contributed by atoms with Gasteiger partial charge in [-0.05, 0) is 32.4 Å². The first-order valence-electron chi connectivity index (χ1n) is 5.39. The molecule has 4 heteroatoms. The Kier molecular flexibility index (Phi) is 3.12. The molecule has 3 nitrogen and oxygen atoms in total. The average molecular weight is 235 g/mol. The topological polar surface area (TPSA) is 43.8 Å². The summed E-state index contributed by atoms with van der Waals surface area (Å²) in [5.41, 5.74) is 8.34. The van der Waals surface area contributed by atoms with E-state index in [1.807, 2.05) is 30.8 Å². The van der Waals surface area contributed by atoms with Gasteiger partial charge in [-0.2, -0.15) is 0 Å². The lowest BCUT2D eigenvalue weighted by molar-refractivity contribution is 0.679.